The fraction of sp³-hybridized carbons (Fsp3) is 0.462. The predicted molar refractivity (Wildman–Crippen MR) is 128 cm³/mol. The maximum atomic E-state index is 13.6. The molecule has 1 aliphatic heterocycles. The predicted octanol–water partition coefficient (Wildman–Crippen LogP) is 4.37. The van der Waals surface area contributed by atoms with Gasteiger partial charge in [-0.05, 0) is 67.5 Å². The van der Waals surface area contributed by atoms with Gasteiger partial charge in [0.1, 0.15) is 5.82 Å². The molecular weight excluding hydrogens is 455 g/mol. The van der Waals surface area contributed by atoms with Crippen molar-refractivity contribution in [3.05, 3.63) is 64.4 Å². The van der Waals surface area contributed by atoms with Gasteiger partial charge in [0, 0.05) is 43.3 Å². The average Bonchev–Trinajstić information content (AvgIpc) is 3.24. The zero-order valence-corrected chi connectivity index (χ0v) is 19.6. The highest BCUT2D eigenvalue weighted by atomic mass is 35.5. The Morgan fingerprint density at radius 2 is 2.18 bits per heavy atom. The molecule has 8 heteroatoms. The number of halogens is 2. The standard InChI is InChI=1S/C26H28ClFN4O2/c27-22-13-19(4-5-23(22)28)30-25(34)32(11-10-31-9-7-20(33)16-31)24-6-8-26(14-21(24)26)18-3-1-2-17(12-18)15-29/h1-5,12-13,20-21,24,33H,6-11,14,16H2,(H,30,34)/t20-,21-,24-,26-/m1/s1. The number of hydrogen-bond donors (Lipinski definition) is 2. The molecule has 4 atom stereocenters. The number of aliphatic hydroxyl groups excluding tert-OH is 1. The summed E-state index contributed by atoms with van der Waals surface area (Å²) in [6, 6.07) is 14.1. The molecule has 6 nitrogen and oxygen atoms in total. The molecule has 3 fully saturated rings. The lowest BCUT2D eigenvalue weighted by Crippen LogP contribution is -2.47. The highest BCUT2D eigenvalue weighted by molar-refractivity contribution is 6.31. The first-order chi connectivity index (χ1) is 16.4. The summed E-state index contributed by atoms with van der Waals surface area (Å²) in [7, 11) is 0. The van der Waals surface area contributed by atoms with Crippen LogP contribution in [0.1, 0.15) is 36.8 Å². The molecule has 1 heterocycles. The number of likely N-dealkylation sites (tertiary alicyclic amines) is 1. The van der Waals surface area contributed by atoms with Crippen molar-refractivity contribution in [2.75, 3.05) is 31.5 Å². The molecule has 2 N–H and O–H groups in total. The van der Waals surface area contributed by atoms with E-state index in [0.717, 1.165) is 32.2 Å². The number of carbonyl (C=O) groups excluding carboxylic acids is 1. The molecule has 0 aromatic heterocycles. The number of amides is 2. The van der Waals surface area contributed by atoms with E-state index in [1.165, 1.54) is 23.8 Å². The number of rotatable bonds is 6. The Bertz CT molecular complexity index is 1140. The largest absolute Gasteiger partial charge is 0.392 e. The van der Waals surface area contributed by atoms with Gasteiger partial charge in [0.15, 0.2) is 0 Å². The van der Waals surface area contributed by atoms with Crippen LogP contribution in [0.4, 0.5) is 14.9 Å². The number of β-amino-alcohol motifs (C(OH)–C–C–N with tert-alkyl or cyclic N) is 1. The average molecular weight is 483 g/mol. The van der Waals surface area contributed by atoms with Crippen molar-refractivity contribution in [1.29, 1.82) is 5.26 Å². The molecule has 2 amide bonds. The Kier molecular flexibility index (Phi) is 6.24. The monoisotopic (exact) mass is 482 g/mol. The van der Waals surface area contributed by atoms with Crippen LogP contribution in [-0.2, 0) is 5.41 Å². The van der Waals surface area contributed by atoms with Crippen LogP contribution in [0.15, 0.2) is 42.5 Å². The minimum Gasteiger partial charge on any atom is -0.392 e. The Morgan fingerprint density at radius 1 is 1.32 bits per heavy atom. The first kappa shape index (κ1) is 23.1. The van der Waals surface area contributed by atoms with Crippen LogP contribution in [0.3, 0.4) is 0 Å². The first-order valence-electron chi connectivity index (χ1n) is 11.8. The molecule has 0 unspecified atom stereocenters. The van der Waals surface area contributed by atoms with Crippen molar-refractivity contribution in [2.24, 2.45) is 5.92 Å². The van der Waals surface area contributed by atoms with Crippen molar-refractivity contribution >= 4 is 23.3 Å². The Morgan fingerprint density at radius 3 is 2.88 bits per heavy atom. The number of nitrogens with one attached hydrogen (secondary N) is 1. The van der Waals surface area contributed by atoms with Gasteiger partial charge in [0.2, 0.25) is 0 Å². The van der Waals surface area contributed by atoms with E-state index in [1.54, 1.807) is 0 Å². The van der Waals surface area contributed by atoms with Gasteiger partial charge in [0.05, 0.1) is 22.8 Å². The lowest BCUT2D eigenvalue weighted by Gasteiger charge is -2.32. The van der Waals surface area contributed by atoms with E-state index >= 15 is 0 Å². The summed E-state index contributed by atoms with van der Waals surface area (Å²) in [5.74, 6) is -0.185. The number of anilines is 1. The molecule has 0 bridgehead atoms. The number of nitriles is 1. The fourth-order valence-corrected chi connectivity index (χ4v) is 6.11. The second-order valence-electron chi connectivity index (χ2n) is 9.76. The van der Waals surface area contributed by atoms with Crippen LogP contribution in [0.25, 0.3) is 0 Å². The van der Waals surface area contributed by atoms with Crippen LogP contribution in [0.5, 0.6) is 0 Å². The molecule has 2 aliphatic carbocycles. The molecular formula is C26H28ClFN4O2. The van der Waals surface area contributed by atoms with E-state index in [-0.39, 0.29) is 28.6 Å². The molecule has 3 aliphatic rings. The zero-order valence-electron chi connectivity index (χ0n) is 18.9. The van der Waals surface area contributed by atoms with Gasteiger partial charge in [-0.15, -0.1) is 0 Å². The molecule has 2 saturated carbocycles. The molecule has 1 saturated heterocycles. The molecule has 34 heavy (non-hydrogen) atoms. The summed E-state index contributed by atoms with van der Waals surface area (Å²) >= 11 is 5.91. The third-order valence-corrected chi connectivity index (χ3v) is 8.08. The number of urea groups is 1. The maximum absolute atomic E-state index is 13.6. The van der Waals surface area contributed by atoms with Crippen molar-refractivity contribution in [1.82, 2.24) is 9.80 Å². The second-order valence-corrected chi connectivity index (χ2v) is 10.2. The summed E-state index contributed by atoms with van der Waals surface area (Å²) in [6.07, 6.45) is 3.32. The van der Waals surface area contributed by atoms with Gasteiger partial charge >= 0.3 is 6.03 Å². The van der Waals surface area contributed by atoms with Crippen molar-refractivity contribution in [3.63, 3.8) is 0 Å². The molecule has 0 spiro atoms. The molecule has 0 radical (unpaired) electrons. The highest BCUT2D eigenvalue weighted by Gasteiger charge is 2.64. The normalized spacial score (nSPS) is 27.8. The summed E-state index contributed by atoms with van der Waals surface area (Å²) in [5, 5.41) is 22.1. The minimum absolute atomic E-state index is 0.0269. The van der Waals surface area contributed by atoms with E-state index in [0.29, 0.717) is 36.8 Å². The van der Waals surface area contributed by atoms with Crippen molar-refractivity contribution in [3.8, 4) is 6.07 Å². The number of carbonyl (C=O) groups is 1. The third kappa shape index (κ3) is 4.38. The summed E-state index contributed by atoms with van der Waals surface area (Å²) < 4.78 is 13.6. The summed E-state index contributed by atoms with van der Waals surface area (Å²) in [4.78, 5) is 17.5. The SMILES string of the molecule is N#Cc1cccc([C@]23CC[C@@H](N(CCN4CC[C@@H](O)C4)C(=O)Nc4ccc(F)c(Cl)c4)[C@H]2C3)c1. The molecule has 5 rings (SSSR count). The van der Waals surface area contributed by atoms with E-state index in [2.05, 4.69) is 22.4 Å². The number of nitrogens with zero attached hydrogens (tertiary/aromatic N) is 3. The lowest BCUT2D eigenvalue weighted by atomic mass is 9.92. The molecule has 2 aromatic rings. The topological polar surface area (TPSA) is 79.6 Å². The van der Waals surface area contributed by atoms with Crippen molar-refractivity contribution in [2.45, 2.75) is 43.2 Å². The molecule has 2 aromatic carbocycles. The zero-order chi connectivity index (χ0) is 23.9. The quantitative estimate of drug-likeness (QED) is 0.640. The van der Waals surface area contributed by atoms with Crippen LogP contribution >= 0.6 is 11.6 Å². The number of hydrogen-bond acceptors (Lipinski definition) is 4. The van der Waals surface area contributed by atoms with Gasteiger partial charge in [-0.1, -0.05) is 23.7 Å². The second kappa shape index (κ2) is 9.18. The van der Waals surface area contributed by atoms with Gasteiger partial charge in [-0.25, -0.2) is 9.18 Å². The van der Waals surface area contributed by atoms with E-state index in [1.807, 2.05) is 23.1 Å². The Balaban J connectivity index is 1.34. The van der Waals surface area contributed by atoms with Gasteiger partial charge < -0.3 is 15.3 Å². The fourth-order valence-electron chi connectivity index (χ4n) is 5.93. The van der Waals surface area contributed by atoms with E-state index in [9.17, 15) is 19.6 Å². The smallest absolute Gasteiger partial charge is 0.322 e. The lowest BCUT2D eigenvalue weighted by molar-refractivity contribution is 0.154. The highest BCUT2D eigenvalue weighted by Crippen LogP contribution is 2.65. The van der Waals surface area contributed by atoms with Crippen LogP contribution < -0.4 is 5.32 Å². The number of benzene rings is 2. The van der Waals surface area contributed by atoms with Crippen LogP contribution in [-0.4, -0.2) is 59.3 Å². The van der Waals surface area contributed by atoms with E-state index in [4.69, 9.17) is 11.6 Å². The van der Waals surface area contributed by atoms with Gasteiger partial charge in [-0.2, -0.15) is 5.26 Å². The Labute approximate surface area is 203 Å². The van der Waals surface area contributed by atoms with E-state index < -0.39 is 5.82 Å². The van der Waals surface area contributed by atoms with Gasteiger partial charge in [0.25, 0.3) is 0 Å². The van der Waals surface area contributed by atoms with Crippen LogP contribution in [0.2, 0.25) is 5.02 Å². The Hall–Kier alpha value is -2.66. The maximum Gasteiger partial charge on any atom is 0.322 e. The summed E-state index contributed by atoms with van der Waals surface area (Å²) in [6.45, 7) is 2.68. The van der Waals surface area contributed by atoms with Gasteiger partial charge in [-0.3, -0.25) is 4.90 Å². The minimum atomic E-state index is -0.526. The third-order valence-electron chi connectivity index (χ3n) is 7.79. The van der Waals surface area contributed by atoms with Crippen LogP contribution in [0, 0.1) is 23.1 Å². The number of aliphatic hydroxyl groups is 1. The van der Waals surface area contributed by atoms with Crippen molar-refractivity contribution < 1.29 is 14.3 Å². The number of fused-ring (bicyclic) bond motifs is 1. The molecule has 178 valence electrons. The first-order valence-corrected chi connectivity index (χ1v) is 12.2. The summed E-state index contributed by atoms with van der Waals surface area (Å²) in [5.41, 5.74) is 2.34.